The van der Waals surface area contributed by atoms with Crippen LogP contribution in [0.4, 0.5) is 5.69 Å². The van der Waals surface area contributed by atoms with E-state index in [1.54, 1.807) is 4.90 Å². The molecule has 1 amide bonds. The molecule has 0 atom stereocenters. The molecule has 5 nitrogen and oxygen atoms in total. The molecule has 0 saturated carbocycles. The molecule has 0 aliphatic heterocycles. The third-order valence-electron chi connectivity index (χ3n) is 3.77. The smallest absolute Gasteiger partial charge is 0.309 e. The van der Waals surface area contributed by atoms with Gasteiger partial charge in [0.25, 0.3) is 5.91 Å². The van der Waals surface area contributed by atoms with Crippen LogP contribution in [0.2, 0.25) is 0 Å². The van der Waals surface area contributed by atoms with Crippen LogP contribution in [0, 0.1) is 6.92 Å². The van der Waals surface area contributed by atoms with E-state index < -0.39 is 5.97 Å². The van der Waals surface area contributed by atoms with Crippen LogP contribution in [-0.4, -0.2) is 31.1 Å². The standard InChI is InChI=1S/C21H25NO4/c1-16(2)22(18-7-5-4-6-8-18)20(23)15-26-21(24)13-14-25-19-11-9-17(3)10-12-19/h4-12,16H,13-15H2,1-3H3. The van der Waals surface area contributed by atoms with Gasteiger partial charge in [0.2, 0.25) is 0 Å². The van der Waals surface area contributed by atoms with Gasteiger partial charge in [0.1, 0.15) is 5.75 Å². The van der Waals surface area contributed by atoms with Crippen LogP contribution in [0.3, 0.4) is 0 Å². The van der Waals surface area contributed by atoms with Gasteiger partial charge in [-0.3, -0.25) is 9.59 Å². The zero-order valence-electron chi connectivity index (χ0n) is 15.5. The molecular formula is C21H25NO4. The summed E-state index contributed by atoms with van der Waals surface area (Å²) in [6, 6.07) is 16.9. The van der Waals surface area contributed by atoms with Crippen LogP contribution in [0.25, 0.3) is 0 Å². The average molecular weight is 355 g/mol. The maximum atomic E-state index is 12.4. The molecule has 0 N–H and O–H groups in total. The Morgan fingerprint density at radius 1 is 1.00 bits per heavy atom. The predicted molar refractivity (Wildman–Crippen MR) is 101 cm³/mol. The number of nitrogens with zero attached hydrogens (tertiary/aromatic N) is 1. The molecule has 0 aromatic heterocycles. The fourth-order valence-electron chi connectivity index (χ4n) is 2.49. The second-order valence-electron chi connectivity index (χ2n) is 6.27. The number of amides is 1. The predicted octanol–water partition coefficient (Wildman–Crippen LogP) is 3.75. The van der Waals surface area contributed by atoms with Crippen molar-refractivity contribution in [3.8, 4) is 5.75 Å². The average Bonchev–Trinajstić information content (AvgIpc) is 2.62. The quantitative estimate of drug-likeness (QED) is 0.677. The number of hydrogen-bond acceptors (Lipinski definition) is 4. The van der Waals surface area contributed by atoms with Crippen molar-refractivity contribution in [2.24, 2.45) is 0 Å². The molecular weight excluding hydrogens is 330 g/mol. The van der Waals surface area contributed by atoms with Crippen LogP contribution in [0.1, 0.15) is 25.8 Å². The van der Waals surface area contributed by atoms with Crippen molar-refractivity contribution >= 4 is 17.6 Å². The van der Waals surface area contributed by atoms with Gasteiger partial charge in [0, 0.05) is 11.7 Å². The number of carbonyl (C=O) groups excluding carboxylic acids is 2. The molecule has 0 heterocycles. The molecule has 0 radical (unpaired) electrons. The van der Waals surface area contributed by atoms with Gasteiger partial charge >= 0.3 is 5.97 Å². The van der Waals surface area contributed by atoms with Crippen molar-refractivity contribution in [2.45, 2.75) is 33.2 Å². The summed E-state index contributed by atoms with van der Waals surface area (Å²) in [5.74, 6) is -0.00392. The van der Waals surface area contributed by atoms with E-state index in [2.05, 4.69) is 0 Å². The third-order valence-corrected chi connectivity index (χ3v) is 3.77. The van der Waals surface area contributed by atoms with Crippen molar-refractivity contribution in [1.82, 2.24) is 0 Å². The highest BCUT2D eigenvalue weighted by Crippen LogP contribution is 2.17. The maximum absolute atomic E-state index is 12.4. The summed E-state index contributed by atoms with van der Waals surface area (Å²) >= 11 is 0. The van der Waals surface area contributed by atoms with E-state index in [-0.39, 0.29) is 31.6 Å². The Morgan fingerprint density at radius 3 is 2.27 bits per heavy atom. The molecule has 0 unspecified atom stereocenters. The molecule has 2 rings (SSSR count). The highest BCUT2D eigenvalue weighted by molar-refractivity contribution is 5.95. The first kappa shape index (κ1) is 19.5. The van der Waals surface area contributed by atoms with Gasteiger partial charge < -0.3 is 14.4 Å². The van der Waals surface area contributed by atoms with Crippen LogP contribution in [0.5, 0.6) is 5.75 Å². The van der Waals surface area contributed by atoms with E-state index in [0.717, 1.165) is 11.3 Å². The second-order valence-corrected chi connectivity index (χ2v) is 6.27. The number of hydrogen-bond donors (Lipinski definition) is 0. The summed E-state index contributed by atoms with van der Waals surface area (Å²) in [4.78, 5) is 25.9. The molecule has 2 aromatic carbocycles. The Balaban J connectivity index is 1.78. The minimum Gasteiger partial charge on any atom is -0.493 e. The van der Waals surface area contributed by atoms with Crippen LogP contribution >= 0.6 is 0 Å². The molecule has 26 heavy (non-hydrogen) atoms. The van der Waals surface area contributed by atoms with Crippen LogP contribution < -0.4 is 9.64 Å². The highest BCUT2D eigenvalue weighted by atomic mass is 16.5. The first-order chi connectivity index (χ1) is 12.5. The van der Waals surface area contributed by atoms with Crippen molar-refractivity contribution < 1.29 is 19.1 Å². The fourth-order valence-corrected chi connectivity index (χ4v) is 2.49. The Kier molecular flexibility index (Phi) is 7.21. The largest absolute Gasteiger partial charge is 0.493 e. The number of anilines is 1. The molecule has 0 saturated heterocycles. The van der Waals surface area contributed by atoms with Crippen molar-refractivity contribution in [3.63, 3.8) is 0 Å². The zero-order valence-corrected chi connectivity index (χ0v) is 15.5. The minimum absolute atomic E-state index is 0.0338. The van der Waals surface area contributed by atoms with Crippen molar-refractivity contribution in [1.29, 1.82) is 0 Å². The Morgan fingerprint density at radius 2 is 1.65 bits per heavy atom. The van der Waals surface area contributed by atoms with Crippen LogP contribution in [0.15, 0.2) is 54.6 Å². The molecule has 0 spiro atoms. The third kappa shape index (κ3) is 5.92. The molecule has 0 aliphatic rings. The zero-order chi connectivity index (χ0) is 18.9. The summed E-state index contributed by atoms with van der Waals surface area (Å²) < 4.78 is 10.6. The number of carbonyl (C=O) groups is 2. The Bertz CT molecular complexity index is 711. The lowest BCUT2D eigenvalue weighted by atomic mass is 10.2. The molecule has 0 fully saturated rings. The van der Waals surface area contributed by atoms with E-state index in [1.807, 2.05) is 75.4 Å². The number of para-hydroxylation sites is 1. The lowest BCUT2D eigenvalue weighted by molar-refractivity contribution is -0.148. The van der Waals surface area contributed by atoms with Gasteiger partial charge in [-0.2, -0.15) is 0 Å². The normalized spacial score (nSPS) is 10.5. The topological polar surface area (TPSA) is 55.8 Å². The van der Waals surface area contributed by atoms with Crippen LogP contribution in [-0.2, 0) is 14.3 Å². The summed E-state index contributed by atoms with van der Waals surface area (Å²) in [5.41, 5.74) is 1.93. The Hall–Kier alpha value is -2.82. The molecule has 2 aromatic rings. The number of esters is 1. The number of aryl methyl sites for hydroxylation is 1. The molecule has 0 aliphatic carbocycles. The monoisotopic (exact) mass is 355 g/mol. The van der Waals surface area contributed by atoms with E-state index in [0.29, 0.717) is 5.75 Å². The van der Waals surface area contributed by atoms with Crippen molar-refractivity contribution in [2.75, 3.05) is 18.1 Å². The highest BCUT2D eigenvalue weighted by Gasteiger charge is 2.20. The van der Waals surface area contributed by atoms with E-state index >= 15 is 0 Å². The van der Waals surface area contributed by atoms with Gasteiger partial charge in [-0.25, -0.2) is 0 Å². The summed E-state index contributed by atoms with van der Waals surface area (Å²) in [6.45, 7) is 5.76. The lowest BCUT2D eigenvalue weighted by Gasteiger charge is -2.26. The summed E-state index contributed by atoms with van der Waals surface area (Å²) in [5, 5.41) is 0. The number of benzene rings is 2. The first-order valence-corrected chi connectivity index (χ1v) is 8.69. The maximum Gasteiger partial charge on any atom is 0.309 e. The van der Waals surface area contributed by atoms with Gasteiger partial charge in [0.15, 0.2) is 6.61 Å². The number of rotatable bonds is 8. The fraction of sp³-hybridized carbons (Fsp3) is 0.333. The van der Waals surface area contributed by atoms with Gasteiger partial charge in [-0.05, 0) is 45.0 Å². The molecule has 5 heteroatoms. The van der Waals surface area contributed by atoms with E-state index in [4.69, 9.17) is 9.47 Å². The van der Waals surface area contributed by atoms with E-state index in [1.165, 1.54) is 0 Å². The number of ether oxygens (including phenoxy) is 2. The molecule has 0 bridgehead atoms. The van der Waals surface area contributed by atoms with Crippen molar-refractivity contribution in [3.05, 3.63) is 60.2 Å². The Labute approximate surface area is 154 Å². The van der Waals surface area contributed by atoms with Gasteiger partial charge in [-0.1, -0.05) is 35.9 Å². The lowest BCUT2D eigenvalue weighted by Crippen LogP contribution is -2.40. The summed E-state index contributed by atoms with van der Waals surface area (Å²) in [6.07, 6.45) is 0.0914. The first-order valence-electron chi connectivity index (χ1n) is 8.69. The minimum atomic E-state index is -0.456. The molecule has 138 valence electrons. The van der Waals surface area contributed by atoms with E-state index in [9.17, 15) is 9.59 Å². The summed E-state index contributed by atoms with van der Waals surface area (Å²) in [7, 11) is 0. The second kappa shape index (κ2) is 9.61. The van der Waals surface area contributed by atoms with Gasteiger partial charge in [-0.15, -0.1) is 0 Å². The SMILES string of the molecule is Cc1ccc(OCCC(=O)OCC(=O)N(c2ccccc2)C(C)C)cc1. The van der Waals surface area contributed by atoms with Gasteiger partial charge in [0.05, 0.1) is 13.0 Å².